The van der Waals surface area contributed by atoms with Crippen LogP contribution in [0.5, 0.6) is 0 Å². The van der Waals surface area contributed by atoms with Crippen molar-refractivity contribution in [1.82, 2.24) is 14.5 Å². The molecule has 0 unspecified atom stereocenters. The van der Waals surface area contributed by atoms with Crippen LogP contribution in [0.4, 0.5) is 0 Å². The van der Waals surface area contributed by atoms with Gasteiger partial charge in [0.15, 0.2) is 0 Å². The van der Waals surface area contributed by atoms with Crippen molar-refractivity contribution in [2.24, 2.45) is 0 Å². The molecular weight excluding hydrogens is 310 g/mol. The molecule has 1 aliphatic rings. The number of carboxylic acid groups (broad SMARTS) is 1. The minimum absolute atomic E-state index is 0.195. The molecule has 3 rings (SSSR count). The molecule has 7 heteroatoms. The van der Waals surface area contributed by atoms with Gasteiger partial charge in [-0.2, -0.15) is 0 Å². The molecule has 126 valence electrons. The van der Waals surface area contributed by atoms with Crippen molar-refractivity contribution in [2.75, 3.05) is 6.54 Å². The zero-order chi connectivity index (χ0) is 17.3. The Morgan fingerprint density at radius 3 is 2.88 bits per heavy atom. The lowest BCUT2D eigenvalue weighted by atomic mass is 10.0. The molecule has 24 heavy (non-hydrogen) atoms. The number of para-hydroxylation sites is 1. The second-order valence-corrected chi connectivity index (χ2v) is 6.09. The Labute approximate surface area is 138 Å². The molecular formula is C17H19N3O4. The van der Waals surface area contributed by atoms with Crippen molar-refractivity contribution in [1.29, 1.82) is 0 Å². The Kier molecular flexibility index (Phi) is 4.33. The van der Waals surface area contributed by atoms with Gasteiger partial charge >= 0.3 is 5.97 Å². The molecule has 0 saturated carbocycles. The fraction of sp³-hybridized carbons (Fsp3) is 0.412. The molecule has 0 spiro atoms. The van der Waals surface area contributed by atoms with E-state index in [9.17, 15) is 19.5 Å². The van der Waals surface area contributed by atoms with E-state index in [4.69, 9.17) is 0 Å². The van der Waals surface area contributed by atoms with Gasteiger partial charge in [0.1, 0.15) is 12.6 Å². The Hall–Kier alpha value is -2.70. The smallest absolute Gasteiger partial charge is 0.326 e. The van der Waals surface area contributed by atoms with Crippen LogP contribution in [-0.2, 0) is 16.1 Å². The Bertz CT molecular complexity index is 859. The van der Waals surface area contributed by atoms with Gasteiger partial charge in [-0.25, -0.2) is 9.78 Å². The average molecular weight is 329 g/mol. The number of hydrogen-bond donors (Lipinski definition) is 1. The molecule has 1 aromatic carbocycles. The predicted molar refractivity (Wildman–Crippen MR) is 87.7 cm³/mol. The lowest BCUT2D eigenvalue weighted by molar-refractivity contribution is -0.152. The number of amides is 1. The maximum absolute atomic E-state index is 12.6. The van der Waals surface area contributed by atoms with Gasteiger partial charge in [-0.3, -0.25) is 14.2 Å². The van der Waals surface area contributed by atoms with Gasteiger partial charge in [-0.05, 0) is 37.8 Å². The van der Waals surface area contributed by atoms with E-state index in [2.05, 4.69) is 4.98 Å². The Morgan fingerprint density at radius 1 is 1.33 bits per heavy atom. The topological polar surface area (TPSA) is 92.5 Å². The van der Waals surface area contributed by atoms with E-state index in [1.165, 1.54) is 15.8 Å². The maximum Gasteiger partial charge on any atom is 0.326 e. The molecule has 1 saturated heterocycles. The van der Waals surface area contributed by atoms with Gasteiger partial charge in [-0.1, -0.05) is 12.1 Å². The predicted octanol–water partition coefficient (Wildman–Crippen LogP) is 1.17. The van der Waals surface area contributed by atoms with E-state index in [1.807, 2.05) is 13.0 Å². The number of aromatic nitrogens is 2. The summed E-state index contributed by atoms with van der Waals surface area (Å²) in [5, 5.41) is 9.73. The summed E-state index contributed by atoms with van der Waals surface area (Å²) in [5.41, 5.74) is 1.22. The number of carboxylic acids is 1. The molecule has 0 radical (unpaired) electrons. The summed E-state index contributed by atoms with van der Waals surface area (Å²) in [5.74, 6) is -1.36. The van der Waals surface area contributed by atoms with Crippen molar-refractivity contribution < 1.29 is 14.7 Å². The lowest BCUT2D eigenvalue weighted by Gasteiger charge is -2.33. The molecule has 7 nitrogen and oxygen atoms in total. The second kappa shape index (κ2) is 6.43. The molecule has 0 bridgehead atoms. The quantitative estimate of drug-likeness (QED) is 0.912. The van der Waals surface area contributed by atoms with Gasteiger partial charge in [0.25, 0.3) is 5.56 Å². The number of carbonyl (C=O) groups is 2. The number of fused-ring (bicyclic) bond motifs is 1. The summed E-state index contributed by atoms with van der Waals surface area (Å²) in [6, 6.07) is 4.52. The fourth-order valence-electron chi connectivity index (χ4n) is 3.17. The first-order valence-electron chi connectivity index (χ1n) is 7.96. The van der Waals surface area contributed by atoms with Crippen LogP contribution in [0.3, 0.4) is 0 Å². The van der Waals surface area contributed by atoms with Crippen LogP contribution < -0.4 is 5.56 Å². The molecule has 1 amide bonds. The van der Waals surface area contributed by atoms with E-state index >= 15 is 0 Å². The molecule has 1 aliphatic heterocycles. The number of piperidine rings is 1. The van der Waals surface area contributed by atoms with Crippen molar-refractivity contribution in [3.63, 3.8) is 0 Å². The molecule has 2 heterocycles. The molecule has 2 aromatic rings. The highest BCUT2D eigenvalue weighted by molar-refractivity contribution is 5.84. The molecule has 1 fully saturated rings. The van der Waals surface area contributed by atoms with E-state index in [0.29, 0.717) is 23.9 Å². The number of carbonyl (C=O) groups excluding carboxylic acids is 1. The van der Waals surface area contributed by atoms with Crippen molar-refractivity contribution in [3.8, 4) is 0 Å². The number of aliphatic carboxylic acids is 1. The highest BCUT2D eigenvalue weighted by Crippen LogP contribution is 2.18. The zero-order valence-corrected chi connectivity index (χ0v) is 13.4. The van der Waals surface area contributed by atoms with Crippen LogP contribution >= 0.6 is 0 Å². The number of aryl methyl sites for hydroxylation is 1. The largest absolute Gasteiger partial charge is 0.480 e. The third kappa shape index (κ3) is 2.89. The summed E-state index contributed by atoms with van der Waals surface area (Å²) < 4.78 is 1.25. The number of nitrogens with zero attached hydrogens (tertiary/aromatic N) is 3. The number of benzene rings is 1. The van der Waals surface area contributed by atoms with E-state index < -0.39 is 12.0 Å². The first kappa shape index (κ1) is 16.2. The van der Waals surface area contributed by atoms with Crippen LogP contribution in [0.2, 0.25) is 0 Å². The third-order valence-corrected chi connectivity index (χ3v) is 4.47. The first-order chi connectivity index (χ1) is 11.5. The highest BCUT2D eigenvalue weighted by atomic mass is 16.4. The van der Waals surface area contributed by atoms with Gasteiger partial charge < -0.3 is 10.0 Å². The first-order valence-corrected chi connectivity index (χ1v) is 7.96. The highest BCUT2D eigenvalue weighted by Gasteiger charge is 2.31. The summed E-state index contributed by atoms with van der Waals surface area (Å²) in [7, 11) is 0. The van der Waals surface area contributed by atoms with Crippen LogP contribution in [0, 0.1) is 6.92 Å². The average Bonchev–Trinajstić information content (AvgIpc) is 2.58. The van der Waals surface area contributed by atoms with Gasteiger partial charge in [0.05, 0.1) is 17.2 Å². The second-order valence-electron chi connectivity index (χ2n) is 6.09. The number of likely N-dealkylation sites (tertiary alicyclic amines) is 1. The van der Waals surface area contributed by atoms with Gasteiger partial charge in [-0.15, -0.1) is 0 Å². The van der Waals surface area contributed by atoms with E-state index in [0.717, 1.165) is 18.4 Å². The molecule has 1 atom stereocenters. The Morgan fingerprint density at radius 2 is 2.12 bits per heavy atom. The minimum atomic E-state index is -0.998. The van der Waals surface area contributed by atoms with Crippen molar-refractivity contribution in [2.45, 2.75) is 38.8 Å². The number of rotatable bonds is 3. The summed E-state index contributed by atoms with van der Waals surface area (Å²) >= 11 is 0. The standard InChI is InChI=1S/C17H19N3O4/c1-11-5-4-6-12-15(11)18-10-19(16(12)22)9-14(21)20-8-3-2-7-13(20)17(23)24/h4-6,10,13H,2-3,7-9H2,1H3,(H,23,24)/t13-/m0/s1. The van der Waals surface area contributed by atoms with E-state index in [1.54, 1.807) is 12.1 Å². The summed E-state index contributed by atoms with van der Waals surface area (Å²) in [4.78, 5) is 42.0. The molecule has 1 N–H and O–H groups in total. The van der Waals surface area contributed by atoms with Crippen molar-refractivity contribution >= 4 is 22.8 Å². The van der Waals surface area contributed by atoms with Crippen LogP contribution in [0.1, 0.15) is 24.8 Å². The normalized spacial score (nSPS) is 17.9. The maximum atomic E-state index is 12.6. The Balaban J connectivity index is 1.89. The minimum Gasteiger partial charge on any atom is -0.480 e. The van der Waals surface area contributed by atoms with Crippen LogP contribution in [0.15, 0.2) is 29.3 Å². The van der Waals surface area contributed by atoms with Crippen molar-refractivity contribution in [3.05, 3.63) is 40.4 Å². The van der Waals surface area contributed by atoms with E-state index in [-0.39, 0.29) is 18.0 Å². The van der Waals surface area contributed by atoms with Crippen LogP contribution in [0.25, 0.3) is 10.9 Å². The van der Waals surface area contributed by atoms with Gasteiger partial charge in [0.2, 0.25) is 5.91 Å². The number of hydrogen-bond acceptors (Lipinski definition) is 4. The third-order valence-electron chi connectivity index (χ3n) is 4.47. The zero-order valence-electron chi connectivity index (χ0n) is 13.4. The van der Waals surface area contributed by atoms with Gasteiger partial charge in [0, 0.05) is 6.54 Å². The summed E-state index contributed by atoms with van der Waals surface area (Å²) in [6.45, 7) is 2.08. The molecule has 1 aromatic heterocycles. The lowest BCUT2D eigenvalue weighted by Crippen LogP contribution is -2.49. The SMILES string of the molecule is Cc1cccc2c(=O)n(CC(=O)N3CCCC[C@H]3C(=O)O)cnc12. The fourth-order valence-corrected chi connectivity index (χ4v) is 3.17. The van der Waals surface area contributed by atoms with Crippen LogP contribution in [-0.4, -0.2) is 44.0 Å². The monoisotopic (exact) mass is 329 g/mol. The molecule has 0 aliphatic carbocycles. The summed E-state index contributed by atoms with van der Waals surface area (Å²) in [6.07, 6.45) is 3.37.